The molecule has 0 amide bonds. The van der Waals surface area contributed by atoms with E-state index in [-0.39, 0.29) is 23.7 Å². The molecule has 0 atom stereocenters. The molecule has 9 nitrogen and oxygen atoms in total. The first kappa shape index (κ1) is 62.0. The number of hydrogen-bond donors (Lipinski definition) is 0. The summed E-state index contributed by atoms with van der Waals surface area (Å²) in [4.78, 5) is 12.8. The van der Waals surface area contributed by atoms with Crippen LogP contribution in [-0.2, 0) is 0 Å². The number of rotatable bonds is 32. The Balaban J connectivity index is 0.000000247. The van der Waals surface area contributed by atoms with Gasteiger partial charge in [0, 0.05) is 35.0 Å². The Hall–Kier alpha value is -6.58. The van der Waals surface area contributed by atoms with Gasteiger partial charge in [-0.3, -0.25) is 9.97 Å². The molecule has 0 unspecified atom stereocenters. The second-order valence-corrected chi connectivity index (χ2v) is 17.7. The molecule has 6 aromatic rings. The normalized spacial score (nSPS) is 10.9. The second-order valence-electron chi connectivity index (χ2n) is 17.7. The number of hydrogen-bond acceptors (Lipinski definition) is 9. The van der Waals surface area contributed by atoms with E-state index < -0.39 is 42.0 Å². The Bertz CT molecular complexity index is 2450. The van der Waals surface area contributed by atoms with Gasteiger partial charge in [0.15, 0.2) is 11.6 Å². The van der Waals surface area contributed by atoms with E-state index in [1.807, 2.05) is 24.3 Å². The van der Waals surface area contributed by atoms with E-state index in [2.05, 4.69) is 45.2 Å². The van der Waals surface area contributed by atoms with Crippen LogP contribution in [0.4, 0.5) is 30.7 Å². The van der Waals surface area contributed by atoms with Crippen molar-refractivity contribution in [3.05, 3.63) is 127 Å². The van der Waals surface area contributed by atoms with Crippen LogP contribution < -0.4 is 28.4 Å². The first-order valence-electron chi connectivity index (χ1n) is 26.6. The molecule has 0 radical (unpaired) electrons. The maximum Gasteiger partial charge on any atom is 0.387 e. The summed E-state index contributed by atoms with van der Waals surface area (Å²) in [6.45, 7) is 4.63. The molecule has 0 aliphatic heterocycles. The quantitative estimate of drug-likeness (QED) is 0.0233. The Morgan fingerprint density at radius 2 is 0.803 bits per heavy atom. The number of alkyl halides is 4. The highest BCUT2D eigenvalue weighted by Gasteiger charge is 2.21. The van der Waals surface area contributed by atoms with Crippen LogP contribution in [0.25, 0.3) is 33.6 Å². The van der Waals surface area contributed by atoms with Crippen molar-refractivity contribution in [3.63, 3.8) is 0 Å². The van der Waals surface area contributed by atoms with Crippen molar-refractivity contribution >= 4 is 0 Å². The Labute approximate surface area is 444 Å². The summed E-state index contributed by atoms with van der Waals surface area (Å²) in [6, 6.07) is 24.1. The number of ether oxygens (including phenoxy) is 6. The molecule has 3 aromatic heterocycles. The Kier molecular flexibility index (Phi) is 29.7. The molecule has 0 aliphatic rings. The molecule has 76 heavy (non-hydrogen) atoms. The smallest absolute Gasteiger partial charge is 0.387 e. The lowest BCUT2D eigenvalue weighted by Gasteiger charge is -2.11. The van der Waals surface area contributed by atoms with E-state index >= 15 is 0 Å². The molecule has 0 bridgehead atoms. The molecule has 0 saturated heterocycles. The highest BCUT2D eigenvalue weighted by Crippen LogP contribution is 2.33. The minimum atomic E-state index is -2.81. The molecule has 16 heteroatoms. The average molecular weight is 1070 g/mol. The molecule has 3 heterocycles. The highest BCUT2D eigenvalue weighted by atomic mass is 19.3. The van der Waals surface area contributed by atoms with E-state index in [9.17, 15) is 30.7 Å². The molecule has 0 N–H and O–H groups in total. The van der Waals surface area contributed by atoms with Gasteiger partial charge in [-0.25, -0.2) is 13.8 Å². The molecule has 0 aliphatic carbocycles. The van der Waals surface area contributed by atoms with Crippen LogP contribution in [0, 0.1) is 17.5 Å². The summed E-state index contributed by atoms with van der Waals surface area (Å²) in [5.74, 6) is -1.71. The number of halogens is 7. The highest BCUT2D eigenvalue weighted by molar-refractivity contribution is 5.66. The average Bonchev–Trinajstić information content (AvgIpc) is 3.42. The third-order valence-electron chi connectivity index (χ3n) is 11.7. The van der Waals surface area contributed by atoms with Gasteiger partial charge >= 0.3 is 13.2 Å². The predicted molar refractivity (Wildman–Crippen MR) is 285 cm³/mol. The lowest BCUT2D eigenvalue weighted by atomic mass is 10.1. The number of pyridine rings is 3. The number of nitrogens with zero attached hydrogens (tertiary/aromatic N) is 3. The van der Waals surface area contributed by atoms with Gasteiger partial charge in [0.2, 0.25) is 11.7 Å². The fourth-order valence-corrected chi connectivity index (χ4v) is 7.63. The number of benzene rings is 3. The van der Waals surface area contributed by atoms with E-state index in [0.717, 1.165) is 65.8 Å². The molecule has 0 fully saturated rings. The molecule has 3 aromatic carbocycles. The van der Waals surface area contributed by atoms with Crippen molar-refractivity contribution in [1.82, 2.24) is 15.0 Å². The Morgan fingerprint density at radius 1 is 0.395 bits per heavy atom. The number of aromatic nitrogens is 3. The zero-order valence-corrected chi connectivity index (χ0v) is 44.3. The van der Waals surface area contributed by atoms with Gasteiger partial charge in [0.05, 0.1) is 55.8 Å². The van der Waals surface area contributed by atoms with Crippen LogP contribution in [0.15, 0.2) is 110 Å². The lowest BCUT2D eigenvalue weighted by Crippen LogP contribution is -2.02. The molecule has 414 valence electrons. The molecular formula is C60H74F7N3O6. The topological polar surface area (TPSA) is 94.1 Å². The summed E-state index contributed by atoms with van der Waals surface area (Å²) < 4.78 is 122. The van der Waals surface area contributed by atoms with Gasteiger partial charge in [0.25, 0.3) is 0 Å². The van der Waals surface area contributed by atoms with E-state index in [0.29, 0.717) is 25.7 Å². The first-order valence-corrected chi connectivity index (χ1v) is 26.6. The largest absolute Gasteiger partial charge is 0.492 e. The zero-order chi connectivity index (χ0) is 54.8. The van der Waals surface area contributed by atoms with Gasteiger partial charge in [-0.15, -0.1) is 0 Å². The van der Waals surface area contributed by atoms with Crippen molar-refractivity contribution in [3.8, 4) is 68.3 Å². The predicted octanol–water partition coefficient (Wildman–Crippen LogP) is 18.1. The van der Waals surface area contributed by atoms with Crippen LogP contribution >= 0.6 is 0 Å². The summed E-state index contributed by atoms with van der Waals surface area (Å²) in [5, 5.41) is 0. The van der Waals surface area contributed by atoms with Gasteiger partial charge in [0.1, 0.15) is 28.8 Å². The van der Waals surface area contributed by atoms with Crippen molar-refractivity contribution in [1.29, 1.82) is 0 Å². The zero-order valence-electron chi connectivity index (χ0n) is 44.3. The van der Waals surface area contributed by atoms with Crippen molar-refractivity contribution < 1.29 is 59.2 Å². The van der Waals surface area contributed by atoms with E-state index in [4.69, 9.17) is 18.9 Å². The van der Waals surface area contributed by atoms with Crippen LogP contribution in [0.5, 0.6) is 34.6 Å². The minimum absolute atomic E-state index is 0.112. The van der Waals surface area contributed by atoms with Gasteiger partial charge in [-0.05, 0) is 105 Å². The van der Waals surface area contributed by atoms with Crippen molar-refractivity contribution in [2.45, 2.75) is 150 Å². The summed E-state index contributed by atoms with van der Waals surface area (Å²) in [7, 11) is 0. The fraction of sp³-hybridized carbons (Fsp3) is 0.450. The van der Waals surface area contributed by atoms with Crippen molar-refractivity contribution in [2.75, 3.05) is 26.4 Å². The lowest BCUT2D eigenvalue weighted by molar-refractivity contribution is -0.0505. The van der Waals surface area contributed by atoms with Crippen LogP contribution in [0.2, 0.25) is 0 Å². The van der Waals surface area contributed by atoms with E-state index in [1.54, 1.807) is 43.6 Å². The molecule has 0 saturated carbocycles. The third-order valence-corrected chi connectivity index (χ3v) is 11.7. The molecule has 6 rings (SSSR count). The SMILES string of the molecule is CCCCCCCCOc1ccc(-c2c(F)cc(OCC)c(F)c2F)cn1.CCCCCCCCOc1ccc(-c2ccc(OC(F)F)cc2)nc1.CCCCCCCOc1ccc(-c2ccc(OC(F)F)cc2)nc1. The fourth-order valence-electron chi connectivity index (χ4n) is 7.63. The molecular weight excluding hydrogens is 992 g/mol. The van der Waals surface area contributed by atoms with E-state index in [1.165, 1.54) is 126 Å². The van der Waals surface area contributed by atoms with Gasteiger partial charge in [-0.1, -0.05) is 111 Å². The monoisotopic (exact) mass is 1070 g/mol. The standard InChI is InChI=1S/C21H26F3NO2.C20H25F2NO2.C19H23F2NO2/c1-3-5-6-7-8-9-12-27-18-11-10-15(14-25-18)19-16(22)13-17(26-4-2)20(23)21(19)24;1-2-3-4-5-6-7-14-24-18-12-13-19(23-15-18)16-8-10-17(11-9-16)25-20(21)22;1-2-3-4-5-6-13-23-17-11-12-18(22-14-17)15-7-9-16(10-8-15)24-19(20)21/h10-11,13-14H,3-9,12H2,1-2H3;8-13,15,20H,2-7,14H2,1H3;7-12,14,19H,2-6,13H2,1H3. The van der Waals surface area contributed by atoms with Crippen LogP contribution in [-0.4, -0.2) is 54.6 Å². The second kappa shape index (κ2) is 36.4. The first-order chi connectivity index (χ1) is 37.0. The van der Waals surface area contributed by atoms with Crippen LogP contribution in [0.1, 0.15) is 137 Å². The minimum Gasteiger partial charge on any atom is -0.492 e. The van der Waals surface area contributed by atoms with Crippen molar-refractivity contribution in [2.24, 2.45) is 0 Å². The van der Waals surface area contributed by atoms with Gasteiger partial charge < -0.3 is 28.4 Å². The Morgan fingerprint density at radius 3 is 1.18 bits per heavy atom. The molecule has 0 spiro atoms. The van der Waals surface area contributed by atoms with Gasteiger partial charge in [-0.2, -0.15) is 22.0 Å². The summed E-state index contributed by atoms with van der Waals surface area (Å²) in [5.41, 5.74) is 2.86. The maximum atomic E-state index is 14.3. The number of unbranched alkanes of at least 4 members (excludes halogenated alkanes) is 14. The maximum absolute atomic E-state index is 14.3. The summed E-state index contributed by atoms with van der Waals surface area (Å²) >= 11 is 0. The third kappa shape index (κ3) is 23.5. The summed E-state index contributed by atoms with van der Waals surface area (Å²) in [6.07, 6.45) is 24.9. The van der Waals surface area contributed by atoms with Crippen LogP contribution in [0.3, 0.4) is 0 Å².